The zero-order valence-electron chi connectivity index (χ0n) is 11.2. The van der Waals surface area contributed by atoms with Crippen LogP contribution in [0.2, 0.25) is 0 Å². The fourth-order valence-corrected chi connectivity index (χ4v) is 1.40. The minimum atomic E-state index is -0.509. The zero-order chi connectivity index (χ0) is 14.1. The first kappa shape index (κ1) is 15.2. The highest BCUT2D eigenvalue weighted by Crippen LogP contribution is 2.26. The summed E-state index contributed by atoms with van der Waals surface area (Å²) >= 11 is 0. The number of anilines is 1. The van der Waals surface area contributed by atoms with Crippen molar-refractivity contribution in [3.05, 3.63) is 22.2 Å². The molecule has 1 aromatic heterocycles. The van der Waals surface area contributed by atoms with Crippen LogP contribution in [0, 0.1) is 10.1 Å². The molecular weight excluding hydrogens is 250 g/mol. The van der Waals surface area contributed by atoms with Gasteiger partial charge in [-0.15, -0.1) is 0 Å². The Balaban J connectivity index is 2.66. The number of nitrogens with zero attached hydrogens (tertiary/aromatic N) is 2. The Morgan fingerprint density at radius 1 is 1.32 bits per heavy atom. The van der Waals surface area contributed by atoms with Gasteiger partial charge in [0, 0.05) is 19.2 Å². The van der Waals surface area contributed by atoms with Gasteiger partial charge in [0.05, 0.1) is 11.5 Å². The molecule has 0 aliphatic carbocycles. The molecule has 1 aromatic rings. The Morgan fingerprint density at radius 2 is 2.11 bits per heavy atom. The molecule has 0 saturated carbocycles. The van der Waals surface area contributed by atoms with Crippen molar-refractivity contribution < 1.29 is 14.4 Å². The van der Waals surface area contributed by atoms with E-state index in [0.29, 0.717) is 25.6 Å². The maximum Gasteiger partial charge on any atom is 0.331 e. The van der Waals surface area contributed by atoms with Crippen LogP contribution in [0.4, 0.5) is 11.5 Å². The van der Waals surface area contributed by atoms with E-state index in [1.165, 1.54) is 6.07 Å². The van der Waals surface area contributed by atoms with Gasteiger partial charge in [-0.3, -0.25) is 10.1 Å². The second kappa shape index (κ2) is 8.25. The fraction of sp³-hybridized carbons (Fsp3) is 0.583. The maximum absolute atomic E-state index is 10.9. The third kappa shape index (κ3) is 5.09. The van der Waals surface area contributed by atoms with E-state index in [2.05, 4.69) is 10.3 Å². The van der Waals surface area contributed by atoms with Crippen LogP contribution in [-0.2, 0) is 4.74 Å². The third-order valence-electron chi connectivity index (χ3n) is 2.21. The van der Waals surface area contributed by atoms with E-state index in [1.807, 2.05) is 13.8 Å². The van der Waals surface area contributed by atoms with Crippen molar-refractivity contribution in [1.29, 1.82) is 0 Å². The first-order chi connectivity index (χ1) is 9.19. The molecule has 1 heterocycles. The molecule has 0 aromatic carbocycles. The largest absolute Gasteiger partial charge is 0.470 e. The predicted molar refractivity (Wildman–Crippen MR) is 71.7 cm³/mol. The van der Waals surface area contributed by atoms with E-state index in [4.69, 9.17) is 9.47 Å². The zero-order valence-corrected chi connectivity index (χ0v) is 11.2. The molecule has 0 saturated heterocycles. The van der Waals surface area contributed by atoms with Crippen LogP contribution in [0.1, 0.15) is 20.3 Å². The normalized spacial score (nSPS) is 10.2. The second-order valence-electron chi connectivity index (χ2n) is 3.77. The number of hydrogen-bond donors (Lipinski definition) is 1. The van der Waals surface area contributed by atoms with Crippen LogP contribution in [-0.4, -0.2) is 36.3 Å². The minimum absolute atomic E-state index is 0.0172. The molecule has 0 unspecified atom stereocenters. The molecule has 0 aliphatic rings. The molecule has 19 heavy (non-hydrogen) atoms. The van der Waals surface area contributed by atoms with E-state index in [-0.39, 0.29) is 18.2 Å². The molecule has 0 bridgehead atoms. The quantitative estimate of drug-likeness (QED) is 0.420. The molecule has 1 rings (SSSR count). The lowest BCUT2D eigenvalue weighted by Gasteiger charge is -2.08. The molecule has 0 amide bonds. The maximum atomic E-state index is 10.9. The number of rotatable bonds is 9. The van der Waals surface area contributed by atoms with Gasteiger partial charge in [-0.1, -0.05) is 6.92 Å². The summed E-state index contributed by atoms with van der Waals surface area (Å²) in [7, 11) is 0. The van der Waals surface area contributed by atoms with Crippen LogP contribution >= 0.6 is 0 Å². The van der Waals surface area contributed by atoms with Crippen LogP contribution in [0.25, 0.3) is 0 Å². The highest BCUT2D eigenvalue weighted by atomic mass is 16.6. The van der Waals surface area contributed by atoms with Gasteiger partial charge in [-0.25, -0.2) is 0 Å². The van der Waals surface area contributed by atoms with Gasteiger partial charge in [-0.2, -0.15) is 4.98 Å². The van der Waals surface area contributed by atoms with E-state index in [9.17, 15) is 10.1 Å². The molecule has 106 valence electrons. The fourth-order valence-electron chi connectivity index (χ4n) is 1.40. The van der Waals surface area contributed by atoms with E-state index < -0.39 is 4.92 Å². The Bertz CT molecular complexity index is 412. The number of nitrogens with one attached hydrogen (secondary N) is 1. The van der Waals surface area contributed by atoms with Gasteiger partial charge >= 0.3 is 5.69 Å². The molecule has 0 spiro atoms. The Kier molecular flexibility index (Phi) is 6.59. The van der Waals surface area contributed by atoms with Crippen molar-refractivity contribution in [2.45, 2.75) is 20.3 Å². The summed E-state index contributed by atoms with van der Waals surface area (Å²) in [6.45, 7) is 5.89. The first-order valence-electron chi connectivity index (χ1n) is 6.28. The van der Waals surface area contributed by atoms with Gasteiger partial charge in [0.15, 0.2) is 0 Å². The molecule has 0 fully saturated rings. The van der Waals surface area contributed by atoms with Crippen molar-refractivity contribution >= 4 is 11.5 Å². The van der Waals surface area contributed by atoms with Crippen molar-refractivity contribution in [2.75, 3.05) is 31.7 Å². The van der Waals surface area contributed by atoms with Crippen LogP contribution in [0.5, 0.6) is 5.88 Å². The van der Waals surface area contributed by atoms with Gasteiger partial charge in [0.1, 0.15) is 12.4 Å². The monoisotopic (exact) mass is 269 g/mol. The average molecular weight is 269 g/mol. The Hall–Kier alpha value is -1.89. The highest BCUT2D eigenvalue weighted by molar-refractivity contribution is 5.49. The summed E-state index contributed by atoms with van der Waals surface area (Å²) < 4.78 is 10.6. The molecule has 0 atom stereocenters. The summed E-state index contributed by atoms with van der Waals surface area (Å²) in [5, 5.41) is 13.8. The smallest absolute Gasteiger partial charge is 0.331 e. The van der Waals surface area contributed by atoms with Crippen molar-refractivity contribution in [3.63, 3.8) is 0 Å². The summed E-state index contributed by atoms with van der Waals surface area (Å²) in [5.74, 6) is 0.570. The number of pyridine rings is 1. The number of aromatic nitrogens is 1. The predicted octanol–water partition coefficient (Wildman–Crippen LogP) is 2.23. The summed E-state index contributed by atoms with van der Waals surface area (Å²) in [5.41, 5.74) is -0.142. The molecule has 1 N–H and O–H groups in total. The van der Waals surface area contributed by atoms with E-state index >= 15 is 0 Å². The second-order valence-corrected chi connectivity index (χ2v) is 3.77. The SMILES string of the molecule is CCCOCCOc1nc(NCC)ccc1[N+](=O)[O-]. The topological polar surface area (TPSA) is 86.5 Å². The van der Waals surface area contributed by atoms with Gasteiger partial charge < -0.3 is 14.8 Å². The van der Waals surface area contributed by atoms with Crippen molar-refractivity contribution in [2.24, 2.45) is 0 Å². The standard InChI is InChI=1S/C12H19N3O4/c1-3-7-18-8-9-19-12-10(15(16)17)5-6-11(14-12)13-4-2/h5-6H,3-4,7-9H2,1-2H3,(H,13,14). The first-order valence-corrected chi connectivity index (χ1v) is 6.28. The number of nitro groups is 1. The minimum Gasteiger partial charge on any atom is -0.470 e. The average Bonchev–Trinajstić information content (AvgIpc) is 2.39. The van der Waals surface area contributed by atoms with Crippen molar-refractivity contribution in [1.82, 2.24) is 4.98 Å². The van der Waals surface area contributed by atoms with Gasteiger partial charge in [0.25, 0.3) is 5.88 Å². The van der Waals surface area contributed by atoms with E-state index in [1.54, 1.807) is 6.07 Å². The molecule has 7 nitrogen and oxygen atoms in total. The number of ether oxygens (including phenoxy) is 2. The summed E-state index contributed by atoms with van der Waals surface area (Å²) in [4.78, 5) is 14.4. The lowest BCUT2D eigenvalue weighted by molar-refractivity contribution is -0.386. The molecule has 7 heteroatoms. The van der Waals surface area contributed by atoms with Crippen LogP contribution in [0.15, 0.2) is 12.1 Å². The Morgan fingerprint density at radius 3 is 2.74 bits per heavy atom. The lowest BCUT2D eigenvalue weighted by Crippen LogP contribution is -2.10. The molecular formula is C12H19N3O4. The summed E-state index contributed by atoms with van der Waals surface area (Å²) in [6, 6.07) is 2.94. The van der Waals surface area contributed by atoms with Crippen LogP contribution in [0.3, 0.4) is 0 Å². The molecule has 0 radical (unpaired) electrons. The van der Waals surface area contributed by atoms with E-state index in [0.717, 1.165) is 6.42 Å². The van der Waals surface area contributed by atoms with Gasteiger partial charge in [0.2, 0.25) is 0 Å². The van der Waals surface area contributed by atoms with Crippen molar-refractivity contribution in [3.8, 4) is 5.88 Å². The summed E-state index contributed by atoms with van der Waals surface area (Å²) in [6.07, 6.45) is 0.925. The highest BCUT2D eigenvalue weighted by Gasteiger charge is 2.17. The third-order valence-corrected chi connectivity index (χ3v) is 2.21. The van der Waals surface area contributed by atoms with Gasteiger partial charge in [-0.05, 0) is 19.4 Å². The number of hydrogen-bond acceptors (Lipinski definition) is 6. The molecule has 0 aliphatic heterocycles. The Labute approximate surface area is 112 Å². The lowest BCUT2D eigenvalue weighted by atomic mass is 10.4. The van der Waals surface area contributed by atoms with Crippen LogP contribution < -0.4 is 10.1 Å².